The largest absolute Gasteiger partial charge is 0.481 e. The van der Waals surface area contributed by atoms with Gasteiger partial charge in [0, 0.05) is 0 Å². The Labute approximate surface area is 151 Å². The maximum Gasteiger partial charge on any atom is 0.261 e. The highest BCUT2D eigenvalue weighted by Crippen LogP contribution is 2.22. The summed E-state index contributed by atoms with van der Waals surface area (Å²) < 4.78 is 5.86. The second kappa shape index (κ2) is 8.19. The minimum atomic E-state index is -0.541. The molecule has 134 valence electrons. The molecule has 0 aliphatic carbocycles. The first-order valence-electron chi connectivity index (χ1n) is 8.92. The van der Waals surface area contributed by atoms with Crippen molar-refractivity contribution >= 4 is 5.91 Å². The quantitative estimate of drug-likeness (QED) is 0.808. The van der Waals surface area contributed by atoms with Crippen molar-refractivity contribution in [2.24, 2.45) is 0 Å². The van der Waals surface area contributed by atoms with Crippen LogP contribution < -0.4 is 10.1 Å². The molecule has 1 N–H and O–H groups in total. The Bertz CT molecular complexity index is 731. The summed E-state index contributed by atoms with van der Waals surface area (Å²) in [6.45, 7) is 12.1. The van der Waals surface area contributed by atoms with Crippen LogP contribution in [0.4, 0.5) is 0 Å². The molecule has 0 radical (unpaired) electrons. The Hall–Kier alpha value is -2.29. The molecule has 0 heterocycles. The van der Waals surface area contributed by atoms with Crippen molar-refractivity contribution in [3.05, 3.63) is 64.2 Å². The van der Waals surface area contributed by atoms with E-state index in [9.17, 15) is 4.79 Å². The third kappa shape index (κ3) is 5.09. The monoisotopic (exact) mass is 339 g/mol. The number of aryl methyl sites for hydroxylation is 4. The van der Waals surface area contributed by atoms with Gasteiger partial charge in [-0.05, 0) is 75.4 Å². The number of hydrogen-bond acceptors (Lipinski definition) is 2. The first-order chi connectivity index (χ1) is 11.8. The molecule has 0 unspecified atom stereocenters. The van der Waals surface area contributed by atoms with Crippen LogP contribution in [0.3, 0.4) is 0 Å². The molecule has 0 saturated heterocycles. The fourth-order valence-corrected chi connectivity index (χ4v) is 3.16. The van der Waals surface area contributed by atoms with Crippen LogP contribution in [0.5, 0.6) is 5.75 Å². The van der Waals surface area contributed by atoms with Crippen LogP contribution in [0, 0.1) is 27.7 Å². The van der Waals surface area contributed by atoms with Crippen LogP contribution in [0.1, 0.15) is 54.1 Å². The SMILES string of the molecule is CC[C@@H](NC(=O)[C@@H](C)Oc1cc(C)cc(C)c1)c1ccc(C)cc1C. The van der Waals surface area contributed by atoms with Crippen molar-refractivity contribution in [2.45, 2.75) is 60.1 Å². The molecule has 2 aromatic carbocycles. The van der Waals surface area contributed by atoms with Gasteiger partial charge in [-0.25, -0.2) is 0 Å². The van der Waals surface area contributed by atoms with Gasteiger partial charge in [-0.3, -0.25) is 4.79 Å². The highest BCUT2D eigenvalue weighted by molar-refractivity contribution is 5.81. The van der Waals surface area contributed by atoms with Crippen LogP contribution in [0.25, 0.3) is 0 Å². The van der Waals surface area contributed by atoms with E-state index in [2.05, 4.69) is 50.4 Å². The highest BCUT2D eigenvalue weighted by atomic mass is 16.5. The predicted molar refractivity (Wildman–Crippen MR) is 103 cm³/mol. The number of rotatable bonds is 6. The average Bonchev–Trinajstić information content (AvgIpc) is 2.51. The fraction of sp³-hybridized carbons (Fsp3) is 0.409. The normalized spacial score (nSPS) is 13.2. The Kier molecular flexibility index (Phi) is 6.24. The molecule has 2 rings (SSSR count). The second-order valence-electron chi connectivity index (χ2n) is 6.91. The van der Waals surface area contributed by atoms with Gasteiger partial charge in [-0.1, -0.05) is 36.8 Å². The highest BCUT2D eigenvalue weighted by Gasteiger charge is 2.20. The summed E-state index contributed by atoms with van der Waals surface area (Å²) in [5.74, 6) is 0.644. The molecule has 0 fully saturated rings. The summed E-state index contributed by atoms with van der Waals surface area (Å²) in [6, 6.07) is 12.3. The average molecular weight is 339 g/mol. The van der Waals surface area contributed by atoms with Gasteiger partial charge in [-0.15, -0.1) is 0 Å². The molecule has 2 atom stereocenters. The summed E-state index contributed by atoms with van der Waals surface area (Å²) in [5, 5.41) is 3.13. The molecule has 0 bridgehead atoms. The Balaban J connectivity index is 2.08. The maximum absolute atomic E-state index is 12.6. The minimum absolute atomic E-state index is 0.00149. The molecule has 0 aliphatic heterocycles. The van der Waals surface area contributed by atoms with Crippen LogP contribution in [0.2, 0.25) is 0 Å². The van der Waals surface area contributed by atoms with E-state index in [4.69, 9.17) is 4.74 Å². The molecule has 0 aliphatic rings. The van der Waals surface area contributed by atoms with E-state index in [1.807, 2.05) is 26.0 Å². The van der Waals surface area contributed by atoms with Gasteiger partial charge in [0.15, 0.2) is 6.10 Å². The van der Waals surface area contributed by atoms with Crippen LogP contribution in [0.15, 0.2) is 36.4 Å². The molecule has 0 saturated carbocycles. The zero-order chi connectivity index (χ0) is 18.6. The molecule has 2 aromatic rings. The van der Waals surface area contributed by atoms with E-state index in [0.29, 0.717) is 0 Å². The lowest BCUT2D eigenvalue weighted by Crippen LogP contribution is -2.38. The number of benzene rings is 2. The number of carbonyl (C=O) groups excluding carboxylic acids is 1. The zero-order valence-corrected chi connectivity index (χ0v) is 16.1. The second-order valence-corrected chi connectivity index (χ2v) is 6.91. The summed E-state index contributed by atoms with van der Waals surface area (Å²) in [6.07, 6.45) is 0.298. The van der Waals surface area contributed by atoms with Crippen molar-refractivity contribution < 1.29 is 9.53 Å². The molecule has 0 aromatic heterocycles. The molecule has 1 amide bonds. The zero-order valence-electron chi connectivity index (χ0n) is 16.1. The first kappa shape index (κ1) is 19.0. The molecule has 3 heteroatoms. The van der Waals surface area contributed by atoms with Crippen LogP contribution in [-0.2, 0) is 4.79 Å². The van der Waals surface area contributed by atoms with Gasteiger partial charge >= 0.3 is 0 Å². The van der Waals surface area contributed by atoms with Crippen LogP contribution in [-0.4, -0.2) is 12.0 Å². The summed E-state index contributed by atoms with van der Waals surface area (Å²) in [4.78, 5) is 12.6. The minimum Gasteiger partial charge on any atom is -0.481 e. The Morgan fingerprint density at radius 1 is 1.00 bits per heavy atom. The standard InChI is InChI=1S/C22H29NO2/c1-7-21(20-9-8-14(2)11-17(20)5)23-22(24)18(6)25-19-12-15(3)10-16(4)13-19/h8-13,18,21H,7H2,1-6H3,(H,23,24)/t18-,21-/m1/s1. The van der Waals surface area contributed by atoms with Gasteiger partial charge < -0.3 is 10.1 Å². The van der Waals surface area contributed by atoms with Gasteiger partial charge in [0.25, 0.3) is 5.91 Å². The molecular weight excluding hydrogens is 310 g/mol. The van der Waals surface area contributed by atoms with Crippen molar-refractivity contribution in [3.63, 3.8) is 0 Å². The third-order valence-corrected chi connectivity index (χ3v) is 4.40. The number of ether oxygens (including phenoxy) is 1. The summed E-state index contributed by atoms with van der Waals surface area (Å²) >= 11 is 0. The van der Waals surface area contributed by atoms with Gasteiger partial charge in [0.2, 0.25) is 0 Å². The summed E-state index contributed by atoms with van der Waals surface area (Å²) in [5.41, 5.74) is 5.86. The predicted octanol–water partition coefficient (Wildman–Crippen LogP) is 4.96. The van der Waals surface area contributed by atoms with Crippen molar-refractivity contribution in [1.82, 2.24) is 5.32 Å². The Morgan fingerprint density at radius 2 is 1.64 bits per heavy atom. The van der Waals surface area contributed by atoms with Gasteiger partial charge in [-0.2, -0.15) is 0 Å². The van der Waals surface area contributed by atoms with Crippen molar-refractivity contribution in [1.29, 1.82) is 0 Å². The van der Waals surface area contributed by atoms with Gasteiger partial charge in [0.1, 0.15) is 5.75 Å². The lowest BCUT2D eigenvalue weighted by Gasteiger charge is -2.23. The summed E-state index contributed by atoms with van der Waals surface area (Å²) in [7, 11) is 0. The number of nitrogens with one attached hydrogen (secondary N) is 1. The maximum atomic E-state index is 12.6. The smallest absolute Gasteiger partial charge is 0.261 e. The lowest BCUT2D eigenvalue weighted by molar-refractivity contribution is -0.128. The van der Waals surface area contributed by atoms with Crippen molar-refractivity contribution in [2.75, 3.05) is 0 Å². The van der Waals surface area contributed by atoms with E-state index in [0.717, 1.165) is 23.3 Å². The van der Waals surface area contributed by atoms with E-state index in [1.54, 1.807) is 6.92 Å². The molecule has 25 heavy (non-hydrogen) atoms. The third-order valence-electron chi connectivity index (χ3n) is 4.40. The molecule has 0 spiro atoms. The van der Waals surface area contributed by atoms with Crippen LogP contribution >= 0.6 is 0 Å². The number of amides is 1. The number of hydrogen-bond donors (Lipinski definition) is 1. The molecule has 3 nitrogen and oxygen atoms in total. The lowest BCUT2D eigenvalue weighted by atomic mass is 9.97. The Morgan fingerprint density at radius 3 is 2.20 bits per heavy atom. The van der Waals surface area contributed by atoms with E-state index in [-0.39, 0.29) is 11.9 Å². The van der Waals surface area contributed by atoms with Gasteiger partial charge in [0.05, 0.1) is 6.04 Å². The number of carbonyl (C=O) groups is 1. The molecular formula is C22H29NO2. The van der Waals surface area contributed by atoms with E-state index >= 15 is 0 Å². The van der Waals surface area contributed by atoms with Crippen molar-refractivity contribution in [3.8, 4) is 5.75 Å². The first-order valence-corrected chi connectivity index (χ1v) is 8.92. The topological polar surface area (TPSA) is 38.3 Å². The van der Waals surface area contributed by atoms with E-state index in [1.165, 1.54) is 16.7 Å². The fourth-order valence-electron chi connectivity index (χ4n) is 3.16. The van der Waals surface area contributed by atoms with E-state index < -0.39 is 6.10 Å².